The molecule has 2 aromatic carbocycles. The standard InChI is InChI=1S/C18H16ClFO4/c1-2-23-16-10-12(7-8-17(21)22)9-14(19)18(16)24-11-13-5-3-4-6-15(13)20/h3-10H,2,11H2,1H3,(H,21,22). The second-order valence-electron chi connectivity index (χ2n) is 4.81. The van der Waals surface area contributed by atoms with Crippen molar-refractivity contribution in [2.75, 3.05) is 6.61 Å². The summed E-state index contributed by atoms with van der Waals surface area (Å²) in [6, 6.07) is 9.45. The van der Waals surface area contributed by atoms with Gasteiger partial charge in [0, 0.05) is 11.6 Å². The van der Waals surface area contributed by atoms with Crippen molar-refractivity contribution in [3.8, 4) is 11.5 Å². The molecule has 0 aromatic heterocycles. The van der Waals surface area contributed by atoms with Crippen molar-refractivity contribution < 1.29 is 23.8 Å². The molecule has 0 amide bonds. The van der Waals surface area contributed by atoms with Crippen molar-refractivity contribution in [1.82, 2.24) is 0 Å². The van der Waals surface area contributed by atoms with E-state index < -0.39 is 5.97 Å². The average Bonchev–Trinajstić information content (AvgIpc) is 2.54. The van der Waals surface area contributed by atoms with E-state index in [9.17, 15) is 9.18 Å². The summed E-state index contributed by atoms with van der Waals surface area (Å²) in [6.45, 7) is 2.17. The number of benzene rings is 2. The summed E-state index contributed by atoms with van der Waals surface area (Å²) in [5.74, 6) is -0.780. The molecule has 1 N–H and O–H groups in total. The highest BCUT2D eigenvalue weighted by molar-refractivity contribution is 6.32. The molecular weight excluding hydrogens is 335 g/mol. The third kappa shape index (κ3) is 4.73. The second-order valence-corrected chi connectivity index (χ2v) is 5.22. The van der Waals surface area contributed by atoms with Gasteiger partial charge in [0.2, 0.25) is 0 Å². The number of carboxylic acids is 1. The molecule has 2 aromatic rings. The van der Waals surface area contributed by atoms with Gasteiger partial charge in [0.05, 0.1) is 11.6 Å². The van der Waals surface area contributed by atoms with Crippen LogP contribution in [0, 0.1) is 5.82 Å². The van der Waals surface area contributed by atoms with E-state index >= 15 is 0 Å². The second kappa shape index (κ2) is 8.36. The van der Waals surface area contributed by atoms with Gasteiger partial charge in [-0.15, -0.1) is 0 Å². The third-order valence-electron chi connectivity index (χ3n) is 3.08. The molecule has 4 nitrogen and oxygen atoms in total. The van der Waals surface area contributed by atoms with Crippen LogP contribution >= 0.6 is 11.6 Å². The predicted octanol–water partition coefficient (Wildman–Crippen LogP) is 4.55. The zero-order valence-corrected chi connectivity index (χ0v) is 13.7. The van der Waals surface area contributed by atoms with E-state index in [4.69, 9.17) is 26.2 Å². The number of hydrogen-bond donors (Lipinski definition) is 1. The van der Waals surface area contributed by atoms with E-state index in [1.165, 1.54) is 12.1 Å². The quantitative estimate of drug-likeness (QED) is 0.744. The smallest absolute Gasteiger partial charge is 0.328 e. The summed E-state index contributed by atoms with van der Waals surface area (Å²) in [7, 11) is 0. The lowest BCUT2D eigenvalue weighted by atomic mass is 10.2. The Balaban J connectivity index is 2.27. The van der Waals surface area contributed by atoms with Gasteiger partial charge in [0.15, 0.2) is 11.5 Å². The van der Waals surface area contributed by atoms with E-state index in [1.807, 2.05) is 0 Å². The Kier molecular flexibility index (Phi) is 6.21. The number of carboxylic acid groups (broad SMARTS) is 1. The largest absolute Gasteiger partial charge is 0.490 e. The van der Waals surface area contributed by atoms with Gasteiger partial charge in [-0.25, -0.2) is 9.18 Å². The highest BCUT2D eigenvalue weighted by Crippen LogP contribution is 2.37. The zero-order chi connectivity index (χ0) is 17.5. The van der Waals surface area contributed by atoms with Crippen LogP contribution in [-0.4, -0.2) is 17.7 Å². The van der Waals surface area contributed by atoms with Crippen LogP contribution in [0.3, 0.4) is 0 Å². The predicted molar refractivity (Wildman–Crippen MR) is 90.0 cm³/mol. The minimum absolute atomic E-state index is 0.00319. The molecule has 0 bridgehead atoms. The first-order chi connectivity index (χ1) is 11.5. The van der Waals surface area contributed by atoms with Crippen molar-refractivity contribution in [3.63, 3.8) is 0 Å². The highest BCUT2D eigenvalue weighted by atomic mass is 35.5. The summed E-state index contributed by atoms with van der Waals surface area (Å²) in [5, 5.41) is 8.95. The maximum atomic E-state index is 13.7. The van der Waals surface area contributed by atoms with Crippen LogP contribution in [0.15, 0.2) is 42.5 Å². The van der Waals surface area contributed by atoms with Gasteiger partial charge >= 0.3 is 5.97 Å². The van der Waals surface area contributed by atoms with Crippen molar-refractivity contribution in [2.24, 2.45) is 0 Å². The van der Waals surface area contributed by atoms with Gasteiger partial charge in [-0.2, -0.15) is 0 Å². The molecule has 0 saturated carbocycles. The molecule has 0 heterocycles. The molecule has 0 aliphatic rings. The number of carbonyl (C=O) groups is 1. The lowest BCUT2D eigenvalue weighted by molar-refractivity contribution is -0.131. The molecule has 0 spiro atoms. The molecule has 2 rings (SSSR count). The van der Waals surface area contributed by atoms with Crippen LogP contribution in [-0.2, 0) is 11.4 Å². The fraction of sp³-hybridized carbons (Fsp3) is 0.167. The molecule has 0 aliphatic carbocycles. The Morgan fingerprint density at radius 2 is 2.04 bits per heavy atom. The van der Waals surface area contributed by atoms with Gasteiger partial charge < -0.3 is 14.6 Å². The molecule has 0 radical (unpaired) electrons. The molecule has 0 unspecified atom stereocenters. The van der Waals surface area contributed by atoms with Crippen LogP contribution in [0.2, 0.25) is 5.02 Å². The van der Waals surface area contributed by atoms with Crippen LogP contribution in [0.25, 0.3) is 6.08 Å². The van der Waals surface area contributed by atoms with E-state index in [0.717, 1.165) is 6.08 Å². The molecule has 126 valence electrons. The number of hydrogen-bond acceptors (Lipinski definition) is 3. The Morgan fingerprint density at radius 1 is 1.29 bits per heavy atom. The van der Waals surface area contributed by atoms with Crippen LogP contribution in [0.1, 0.15) is 18.1 Å². The molecule has 0 aliphatic heterocycles. The summed E-state index contributed by atoms with van der Waals surface area (Å²) in [5.41, 5.74) is 0.954. The Labute approximate surface area is 144 Å². The Bertz CT molecular complexity index is 759. The van der Waals surface area contributed by atoms with Crippen LogP contribution in [0.5, 0.6) is 11.5 Å². The number of aliphatic carboxylic acids is 1. The van der Waals surface area contributed by atoms with Gasteiger partial charge in [-0.3, -0.25) is 0 Å². The Morgan fingerprint density at radius 3 is 2.71 bits per heavy atom. The topological polar surface area (TPSA) is 55.8 Å². The fourth-order valence-electron chi connectivity index (χ4n) is 2.02. The van der Waals surface area contributed by atoms with E-state index in [0.29, 0.717) is 23.5 Å². The molecule has 0 atom stereocenters. The SMILES string of the molecule is CCOc1cc(C=CC(=O)O)cc(Cl)c1OCc1ccccc1F. The fourth-order valence-corrected chi connectivity index (χ4v) is 2.29. The molecule has 6 heteroatoms. The van der Waals surface area contributed by atoms with Crippen molar-refractivity contribution in [2.45, 2.75) is 13.5 Å². The van der Waals surface area contributed by atoms with Crippen molar-refractivity contribution >= 4 is 23.6 Å². The summed E-state index contributed by atoms with van der Waals surface area (Å²) >= 11 is 6.21. The lowest BCUT2D eigenvalue weighted by Gasteiger charge is -2.14. The van der Waals surface area contributed by atoms with Gasteiger partial charge in [-0.05, 0) is 36.8 Å². The van der Waals surface area contributed by atoms with Crippen molar-refractivity contribution in [3.05, 3.63) is 64.4 Å². The van der Waals surface area contributed by atoms with E-state index in [-0.39, 0.29) is 23.2 Å². The van der Waals surface area contributed by atoms with Crippen molar-refractivity contribution in [1.29, 1.82) is 0 Å². The third-order valence-corrected chi connectivity index (χ3v) is 3.36. The monoisotopic (exact) mass is 350 g/mol. The minimum Gasteiger partial charge on any atom is -0.490 e. The van der Waals surface area contributed by atoms with Gasteiger partial charge in [-0.1, -0.05) is 29.8 Å². The van der Waals surface area contributed by atoms with Gasteiger partial charge in [0.25, 0.3) is 0 Å². The maximum Gasteiger partial charge on any atom is 0.328 e. The maximum absolute atomic E-state index is 13.7. The van der Waals surface area contributed by atoms with Crippen LogP contribution < -0.4 is 9.47 Å². The average molecular weight is 351 g/mol. The van der Waals surface area contributed by atoms with E-state index in [1.54, 1.807) is 37.3 Å². The molecule has 0 saturated heterocycles. The summed E-state index contributed by atoms with van der Waals surface area (Å²) in [6.07, 6.45) is 2.40. The number of rotatable bonds is 7. The minimum atomic E-state index is -1.07. The number of halogens is 2. The zero-order valence-electron chi connectivity index (χ0n) is 13.0. The highest BCUT2D eigenvalue weighted by Gasteiger charge is 2.13. The molecule has 24 heavy (non-hydrogen) atoms. The van der Waals surface area contributed by atoms with E-state index in [2.05, 4.69) is 0 Å². The normalized spacial score (nSPS) is 10.8. The summed E-state index contributed by atoms with van der Waals surface area (Å²) < 4.78 is 24.8. The first-order valence-electron chi connectivity index (χ1n) is 7.24. The number of ether oxygens (including phenoxy) is 2. The summed E-state index contributed by atoms with van der Waals surface area (Å²) in [4.78, 5) is 10.6. The Hall–Kier alpha value is -2.53. The first-order valence-corrected chi connectivity index (χ1v) is 7.62. The van der Waals surface area contributed by atoms with Crippen LogP contribution in [0.4, 0.5) is 4.39 Å². The lowest BCUT2D eigenvalue weighted by Crippen LogP contribution is -2.02. The molecule has 0 fully saturated rings. The molecular formula is C18H16ClFO4. The first kappa shape index (κ1) is 17.8. The van der Waals surface area contributed by atoms with Gasteiger partial charge in [0.1, 0.15) is 12.4 Å².